The number of aromatic nitrogens is 2. The lowest BCUT2D eigenvalue weighted by atomic mass is 9.97. The van der Waals surface area contributed by atoms with Crippen molar-refractivity contribution in [2.24, 2.45) is 0 Å². The second-order valence-electron chi connectivity index (χ2n) is 15.4. The molecular formula is C55H50N4. The minimum atomic E-state index is 0.900. The van der Waals surface area contributed by atoms with Crippen molar-refractivity contribution in [3.63, 3.8) is 0 Å². The first-order valence-electron chi connectivity index (χ1n) is 21.1. The fraction of sp³-hybridized carbons (Fsp3) is 0.145. The molecule has 1 aromatic heterocycles. The molecule has 9 aromatic rings. The van der Waals surface area contributed by atoms with Crippen molar-refractivity contribution in [2.75, 3.05) is 9.80 Å². The SMILES string of the molecule is C=Cc1ccc(-c2nc3c4ccc(N(c5ccccc5)c5ccccc5)cc4c4cc(N(c5ccccc5)c5ccccc5)ccc4c3n2CCCCCCCC)cc1. The van der Waals surface area contributed by atoms with Gasteiger partial charge < -0.3 is 14.4 Å². The van der Waals surface area contributed by atoms with Gasteiger partial charge in [0.05, 0.1) is 11.0 Å². The predicted octanol–water partition coefficient (Wildman–Crippen LogP) is 16.0. The second-order valence-corrected chi connectivity index (χ2v) is 15.4. The summed E-state index contributed by atoms with van der Waals surface area (Å²) in [6.45, 7) is 7.20. The third-order valence-electron chi connectivity index (χ3n) is 11.5. The molecule has 59 heavy (non-hydrogen) atoms. The minimum absolute atomic E-state index is 0.900. The van der Waals surface area contributed by atoms with Crippen molar-refractivity contribution in [2.45, 2.75) is 52.0 Å². The Morgan fingerprint density at radius 3 is 1.42 bits per heavy atom. The van der Waals surface area contributed by atoms with E-state index >= 15 is 0 Å². The van der Waals surface area contributed by atoms with Crippen LogP contribution >= 0.6 is 0 Å². The standard InChI is InChI=1S/C55H50N4/c1-3-5-6-7-8-21-38-57-54-50-37-35-48(59(45-26-17-11-18-27-45)46-28-19-12-20-29-46)40-52(50)51-39-47(58(43-22-13-9-14-23-43)44-24-15-10-16-25-44)34-36-49(51)53(54)56-55(57)42-32-30-41(4-2)31-33-42/h4,9-20,22-37,39-40H,2-3,5-8,21,38H2,1H3. The van der Waals surface area contributed by atoms with E-state index < -0.39 is 0 Å². The lowest BCUT2D eigenvalue weighted by Crippen LogP contribution is -2.10. The average molecular weight is 767 g/mol. The number of fused-ring (bicyclic) bond motifs is 6. The van der Waals surface area contributed by atoms with Gasteiger partial charge in [0.2, 0.25) is 0 Å². The Balaban J connectivity index is 1.32. The average Bonchev–Trinajstić information content (AvgIpc) is 3.69. The molecule has 0 aliphatic carbocycles. The topological polar surface area (TPSA) is 24.3 Å². The maximum absolute atomic E-state index is 5.60. The summed E-state index contributed by atoms with van der Waals surface area (Å²) in [4.78, 5) is 10.3. The van der Waals surface area contributed by atoms with Gasteiger partial charge in [-0.25, -0.2) is 4.98 Å². The van der Waals surface area contributed by atoms with Gasteiger partial charge in [-0.3, -0.25) is 0 Å². The fourth-order valence-electron chi connectivity index (χ4n) is 8.57. The van der Waals surface area contributed by atoms with Gasteiger partial charge in [0.15, 0.2) is 0 Å². The summed E-state index contributed by atoms with van der Waals surface area (Å²) in [5.41, 5.74) is 11.1. The smallest absolute Gasteiger partial charge is 0.141 e. The molecule has 0 aliphatic rings. The van der Waals surface area contributed by atoms with Crippen LogP contribution in [0.15, 0.2) is 189 Å². The molecule has 0 spiro atoms. The van der Waals surface area contributed by atoms with Crippen LogP contribution in [0.2, 0.25) is 0 Å². The van der Waals surface area contributed by atoms with Gasteiger partial charge in [-0.15, -0.1) is 0 Å². The highest BCUT2D eigenvalue weighted by molar-refractivity contribution is 6.25. The van der Waals surface area contributed by atoms with Gasteiger partial charge >= 0.3 is 0 Å². The highest BCUT2D eigenvalue weighted by atomic mass is 15.1. The van der Waals surface area contributed by atoms with Crippen molar-refractivity contribution in [3.05, 3.63) is 194 Å². The molecule has 0 saturated heterocycles. The zero-order valence-corrected chi connectivity index (χ0v) is 33.8. The summed E-state index contributed by atoms with van der Waals surface area (Å²) < 4.78 is 2.51. The van der Waals surface area contributed by atoms with Crippen LogP contribution < -0.4 is 9.80 Å². The summed E-state index contributed by atoms with van der Waals surface area (Å²) in [5.74, 6) is 1.01. The number of hydrogen-bond acceptors (Lipinski definition) is 3. The highest BCUT2D eigenvalue weighted by Crippen LogP contribution is 2.44. The van der Waals surface area contributed by atoms with Crippen molar-refractivity contribution in [1.82, 2.24) is 9.55 Å². The number of imidazole rings is 1. The van der Waals surface area contributed by atoms with Gasteiger partial charge in [0, 0.05) is 57.0 Å². The lowest BCUT2D eigenvalue weighted by molar-refractivity contribution is 0.566. The number of para-hydroxylation sites is 4. The van der Waals surface area contributed by atoms with Gasteiger partial charge in [0.25, 0.3) is 0 Å². The van der Waals surface area contributed by atoms with E-state index in [4.69, 9.17) is 4.98 Å². The van der Waals surface area contributed by atoms with E-state index in [0.29, 0.717) is 0 Å². The molecule has 1 heterocycles. The Morgan fingerprint density at radius 1 is 0.475 bits per heavy atom. The van der Waals surface area contributed by atoms with Crippen LogP contribution in [-0.2, 0) is 6.54 Å². The third kappa shape index (κ3) is 7.62. The Bertz CT molecular complexity index is 2730. The van der Waals surface area contributed by atoms with Gasteiger partial charge in [0.1, 0.15) is 5.82 Å². The zero-order chi connectivity index (χ0) is 40.0. The molecular weight excluding hydrogens is 717 g/mol. The highest BCUT2D eigenvalue weighted by Gasteiger charge is 2.22. The van der Waals surface area contributed by atoms with E-state index in [-0.39, 0.29) is 0 Å². The van der Waals surface area contributed by atoms with E-state index in [1.54, 1.807) is 0 Å². The molecule has 0 N–H and O–H groups in total. The van der Waals surface area contributed by atoms with Crippen LogP contribution in [0.4, 0.5) is 34.1 Å². The van der Waals surface area contributed by atoms with Crippen LogP contribution in [0.3, 0.4) is 0 Å². The molecule has 0 atom stereocenters. The molecule has 4 nitrogen and oxygen atoms in total. The zero-order valence-electron chi connectivity index (χ0n) is 33.8. The Morgan fingerprint density at radius 2 is 0.932 bits per heavy atom. The predicted molar refractivity (Wildman–Crippen MR) is 253 cm³/mol. The Kier molecular flexibility index (Phi) is 11.0. The maximum atomic E-state index is 5.60. The number of hydrogen-bond donors (Lipinski definition) is 0. The summed E-state index contributed by atoms with van der Waals surface area (Å²) in [6.07, 6.45) is 9.30. The number of rotatable bonds is 15. The summed E-state index contributed by atoms with van der Waals surface area (Å²) in [6, 6.07) is 65.4. The van der Waals surface area contributed by atoms with Crippen LogP contribution in [0.1, 0.15) is 51.0 Å². The number of nitrogens with zero attached hydrogens (tertiary/aromatic N) is 4. The molecule has 8 aromatic carbocycles. The van der Waals surface area contributed by atoms with E-state index in [9.17, 15) is 0 Å². The molecule has 0 fully saturated rings. The first-order valence-corrected chi connectivity index (χ1v) is 21.1. The summed E-state index contributed by atoms with van der Waals surface area (Å²) in [5, 5.41) is 4.71. The number of benzene rings is 8. The number of unbranched alkanes of at least 4 members (excludes halogenated alkanes) is 5. The summed E-state index contributed by atoms with van der Waals surface area (Å²) >= 11 is 0. The molecule has 0 bridgehead atoms. The Labute approximate surface area is 348 Å². The second kappa shape index (κ2) is 17.3. The first-order chi connectivity index (χ1) is 29.2. The molecule has 0 amide bonds. The number of aryl methyl sites for hydroxylation is 1. The van der Waals surface area contributed by atoms with E-state index in [0.717, 1.165) is 74.9 Å². The monoisotopic (exact) mass is 766 g/mol. The van der Waals surface area contributed by atoms with Gasteiger partial charge in [-0.05, 0) is 95.6 Å². The fourth-order valence-corrected chi connectivity index (χ4v) is 8.57. The first kappa shape index (κ1) is 37.7. The van der Waals surface area contributed by atoms with Crippen LogP contribution in [-0.4, -0.2) is 9.55 Å². The molecule has 4 heteroatoms. The molecule has 0 unspecified atom stereocenters. The lowest BCUT2D eigenvalue weighted by Gasteiger charge is -2.27. The molecule has 9 rings (SSSR count). The molecule has 0 saturated carbocycles. The van der Waals surface area contributed by atoms with Crippen molar-refractivity contribution >= 4 is 72.8 Å². The minimum Gasteiger partial charge on any atom is -0.323 e. The Hall–Kier alpha value is -6.91. The van der Waals surface area contributed by atoms with Crippen molar-refractivity contribution < 1.29 is 0 Å². The van der Waals surface area contributed by atoms with E-state index in [1.807, 2.05) is 6.08 Å². The molecule has 0 aliphatic heterocycles. The van der Waals surface area contributed by atoms with Crippen LogP contribution in [0, 0.1) is 0 Å². The quantitative estimate of drug-likeness (QED) is 0.0767. The van der Waals surface area contributed by atoms with E-state index in [2.05, 4.69) is 210 Å². The molecule has 0 radical (unpaired) electrons. The van der Waals surface area contributed by atoms with E-state index in [1.165, 1.54) is 53.8 Å². The largest absolute Gasteiger partial charge is 0.323 e. The summed E-state index contributed by atoms with van der Waals surface area (Å²) in [7, 11) is 0. The normalized spacial score (nSPS) is 11.3. The van der Waals surface area contributed by atoms with Gasteiger partial charge in [-0.1, -0.05) is 161 Å². The number of anilines is 6. The van der Waals surface area contributed by atoms with Crippen molar-refractivity contribution in [1.29, 1.82) is 0 Å². The van der Waals surface area contributed by atoms with Crippen molar-refractivity contribution in [3.8, 4) is 11.4 Å². The van der Waals surface area contributed by atoms with Crippen LogP contribution in [0.5, 0.6) is 0 Å². The maximum Gasteiger partial charge on any atom is 0.141 e. The third-order valence-corrected chi connectivity index (χ3v) is 11.5. The van der Waals surface area contributed by atoms with Crippen LogP contribution in [0.25, 0.3) is 50.0 Å². The van der Waals surface area contributed by atoms with Gasteiger partial charge in [-0.2, -0.15) is 0 Å². The molecule has 290 valence electrons.